The second kappa shape index (κ2) is 8.88. The number of fused-ring (bicyclic) bond motifs is 1. The van der Waals surface area contributed by atoms with Crippen LogP contribution in [-0.4, -0.2) is 24.0 Å². The van der Waals surface area contributed by atoms with E-state index in [-0.39, 0.29) is 0 Å². The number of benzene rings is 2. The van der Waals surface area contributed by atoms with E-state index in [1.807, 2.05) is 12.1 Å². The Kier molecular flexibility index (Phi) is 5.86. The number of aromatic nitrogens is 1. The summed E-state index contributed by atoms with van der Waals surface area (Å²) in [7, 11) is 0. The van der Waals surface area contributed by atoms with E-state index in [2.05, 4.69) is 46.7 Å². The number of nitrogens with one attached hydrogen (secondary N) is 1. The summed E-state index contributed by atoms with van der Waals surface area (Å²) < 4.78 is 5.89. The quantitative estimate of drug-likeness (QED) is 0.576. The number of rotatable bonds is 8. The zero-order valence-corrected chi connectivity index (χ0v) is 16.3. The van der Waals surface area contributed by atoms with Crippen molar-refractivity contribution in [1.29, 1.82) is 0 Å². The van der Waals surface area contributed by atoms with Gasteiger partial charge in [-0.1, -0.05) is 36.4 Å². The minimum absolute atomic E-state index is 0.368. The molecule has 0 spiro atoms. The lowest BCUT2D eigenvalue weighted by molar-refractivity contribution is 0.1000. The van der Waals surface area contributed by atoms with E-state index in [0.717, 1.165) is 38.1 Å². The van der Waals surface area contributed by atoms with Crippen LogP contribution in [0.15, 0.2) is 66.9 Å². The van der Waals surface area contributed by atoms with Crippen molar-refractivity contribution in [2.45, 2.75) is 25.2 Å². The Morgan fingerprint density at radius 2 is 2.00 bits per heavy atom. The molecule has 1 unspecified atom stereocenters. The monoisotopic (exact) mass is 387 g/mol. The summed E-state index contributed by atoms with van der Waals surface area (Å²) in [6.07, 6.45) is 4.73. The number of nitrogens with two attached hydrogens (primary N) is 1. The molecule has 4 rings (SSSR count). The molecule has 1 aliphatic rings. The minimum Gasteiger partial charge on any atom is -0.439 e. The Labute approximate surface area is 170 Å². The number of carbonyl (C=O) groups is 1. The molecule has 0 saturated heterocycles. The molecular formula is C24H25N3O2. The summed E-state index contributed by atoms with van der Waals surface area (Å²) in [5.41, 5.74) is 9.72. The number of ether oxygens (including phenoxy) is 1. The van der Waals surface area contributed by atoms with Gasteiger partial charge in [-0.25, -0.2) is 4.98 Å². The van der Waals surface area contributed by atoms with Gasteiger partial charge in [-0.15, -0.1) is 0 Å². The molecule has 29 heavy (non-hydrogen) atoms. The molecule has 0 radical (unpaired) electrons. The Bertz CT molecular complexity index is 971. The van der Waals surface area contributed by atoms with E-state index in [4.69, 9.17) is 10.5 Å². The lowest BCUT2D eigenvalue weighted by Gasteiger charge is -2.14. The molecule has 3 N–H and O–H groups in total. The van der Waals surface area contributed by atoms with Crippen LogP contribution in [-0.2, 0) is 12.8 Å². The Hall–Kier alpha value is -3.18. The van der Waals surface area contributed by atoms with E-state index in [9.17, 15) is 4.79 Å². The zero-order valence-electron chi connectivity index (χ0n) is 16.3. The smallest absolute Gasteiger partial charge is 0.250 e. The molecular weight excluding hydrogens is 362 g/mol. The lowest BCUT2D eigenvalue weighted by Crippen LogP contribution is -2.22. The molecule has 3 aromatic rings. The Morgan fingerprint density at radius 1 is 1.14 bits per heavy atom. The van der Waals surface area contributed by atoms with Gasteiger partial charge in [-0.05, 0) is 66.6 Å². The topological polar surface area (TPSA) is 77.2 Å². The van der Waals surface area contributed by atoms with Crippen LogP contribution < -0.4 is 15.8 Å². The minimum atomic E-state index is -0.496. The van der Waals surface area contributed by atoms with Gasteiger partial charge in [0, 0.05) is 18.8 Å². The van der Waals surface area contributed by atoms with Crippen LogP contribution in [0, 0.1) is 0 Å². The van der Waals surface area contributed by atoms with E-state index < -0.39 is 5.91 Å². The number of nitrogens with zero attached hydrogens (tertiary/aromatic N) is 1. The first kappa shape index (κ1) is 19.2. The summed E-state index contributed by atoms with van der Waals surface area (Å²) in [4.78, 5) is 15.3. The predicted octanol–water partition coefficient (Wildman–Crippen LogP) is 3.83. The number of hydrogen-bond acceptors (Lipinski definition) is 4. The van der Waals surface area contributed by atoms with Crippen molar-refractivity contribution in [3.63, 3.8) is 0 Å². The standard InChI is InChI=1S/C24H25N3O2/c25-24(28)20-9-11-23(27-16-20)29-21-10-8-18-6-7-19(22(18)14-21)15-26-13-12-17-4-2-1-3-5-17/h1-5,8-11,14,16,19,26H,6-7,12-13,15H2,(H2,25,28). The van der Waals surface area contributed by atoms with Crippen molar-refractivity contribution in [2.24, 2.45) is 5.73 Å². The van der Waals surface area contributed by atoms with Gasteiger partial charge in [0.2, 0.25) is 11.8 Å². The van der Waals surface area contributed by atoms with Gasteiger partial charge in [0.1, 0.15) is 5.75 Å². The fourth-order valence-corrected chi connectivity index (χ4v) is 3.80. The summed E-state index contributed by atoms with van der Waals surface area (Å²) in [6, 6.07) is 20.1. The number of amides is 1. The second-order valence-corrected chi connectivity index (χ2v) is 7.39. The van der Waals surface area contributed by atoms with Crippen molar-refractivity contribution in [3.8, 4) is 11.6 Å². The molecule has 0 fully saturated rings. The molecule has 0 bridgehead atoms. The normalized spacial score (nSPS) is 15.1. The van der Waals surface area contributed by atoms with E-state index >= 15 is 0 Å². The van der Waals surface area contributed by atoms with Crippen LogP contribution >= 0.6 is 0 Å². The van der Waals surface area contributed by atoms with Gasteiger partial charge in [-0.3, -0.25) is 4.79 Å². The predicted molar refractivity (Wildman–Crippen MR) is 113 cm³/mol. The first-order chi connectivity index (χ1) is 14.2. The SMILES string of the molecule is NC(=O)c1ccc(Oc2ccc3c(c2)C(CNCCc2ccccc2)CC3)nc1. The highest BCUT2D eigenvalue weighted by Gasteiger charge is 2.22. The largest absolute Gasteiger partial charge is 0.439 e. The third-order valence-corrected chi connectivity index (χ3v) is 5.39. The highest BCUT2D eigenvalue weighted by molar-refractivity contribution is 5.92. The maximum Gasteiger partial charge on any atom is 0.250 e. The van der Waals surface area contributed by atoms with E-state index in [0.29, 0.717) is 17.4 Å². The van der Waals surface area contributed by atoms with Crippen LogP contribution in [0.4, 0.5) is 0 Å². The van der Waals surface area contributed by atoms with Gasteiger partial charge >= 0.3 is 0 Å². The highest BCUT2D eigenvalue weighted by atomic mass is 16.5. The van der Waals surface area contributed by atoms with Gasteiger partial charge < -0.3 is 15.8 Å². The molecule has 5 nitrogen and oxygen atoms in total. The van der Waals surface area contributed by atoms with Crippen molar-refractivity contribution in [3.05, 3.63) is 89.1 Å². The maximum absolute atomic E-state index is 11.2. The average molecular weight is 387 g/mol. The van der Waals surface area contributed by atoms with Gasteiger partial charge in [-0.2, -0.15) is 0 Å². The summed E-state index contributed by atoms with van der Waals surface area (Å²) in [6.45, 7) is 1.94. The first-order valence-corrected chi connectivity index (χ1v) is 10.0. The summed E-state index contributed by atoms with van der Waals surface area (Å²) in [5, 5.41) is 3.61. The van der Waals surface area contributed by atoms with Gasteiger partial charge in [0.15, 0.2) is 0 Å². The fraction of sp³-hybridized carbons (Fsp3) is 0.250. The van der Waals surface area contributed by atoms with Crippen LogP contribution in [0.2, 0.25) is 0 Å². The molecule has 5 heteroatoms. The molecule has 1 aliphatic carbocycles. The molecule has 0 aliphatic heterocycles. The van der Waals surface area contributed by atoms with Gasteiger partial charge in [0.05, 0.1) is 5.56 Å². The number of hydrogen-bond donors (Lipinski definition) is 2. The molecule has 0 saturated carbocycles. The molecule has 148 valence electrons. The third-order valence-electron chi connectivity index (χ3n) is 5.39. The van der Waals surface area contributed by atoms with E-state index in [1.165, 1.54) is 22.9 Å². The molecule has 1 atom stereocenters. The number of pyridine rings is 1. The average Bonchev–Trinajstić information content (AvgIpc) is 3.15. The third kappa shape index (κ3) is 4.81. The summed E-state index contributed by atoms with van der Waals surface area (Å²) >= 11 is 0. The van der Waals surface area contributed by atoms with Crippen molar-refractivity contribution in [2.75, 3.05) is 13.1 Å². The molecule has 1 heterocycles. The number of aryl methyl sites for hydroxylation is 1. The van der Waals surface area contributed by atoms with Crippen LogP contribution in [0.3, 0.4) is 0 Å². The molecule has 1 amide bonds. The second-order valence-electron chi connectivity index (χ2n) is 7.39. The lowest BCUT2D eigenvalue weighted by atomic mass is 10.0. The number of carbonyl (C=O) groups excluding carboxylic acids is 1. The van der Waals surface area contributed by atoms with Crippen molar-refractivity contribution in [1.82, 2.24) is 10.3 Å². The molecule has 2 aromatic carbocycles. The zero-order chi connectivity index (χ0) is 20.1. The highest BCUT2D eigenvalue weighted by Crippen LogP contribution is 2.36. The van der Waals surface area contributed by atoms with Crippen molar-refractivity contribution < 1.29 is 9.53 Å². The first-order valence-electron chi connectivity index (χ1n) is 10.0. The Balaban J connectivity index is 1.35. The fourth-order valence-electron chi connectivity index (χ4n) is 3.80. The van der Waals surface area contributed by atoms with Crippen LogP contribution in [0.25, 0.3) is 0 Å². The Morgan fingerprint density at radius 3 is 2.76 bits per heavy atom. The van der Waals surface area contributed by atoms with E-state index in [1.54, 1.807) is 12.1 Å². The van der Waals surface area contributed by atoms with Crippen LogP contribution in [0.1, 0.15) is 39.4 Å². The van der Waals surface area contributed by atoms with Crippen molar-refractivity contribution >= 4 is 5.91 Å². The molecule has 1 aromatic heterocycles. The summed E-state index contributed by atoms with van der Waals surface area (Å²) in [5.74, 6) is 1.21. The van der Waals surface area contributed by atoms with Gasteiger partial charge in [0.25, 0.3) is 0 Å². The van der Waals surface area contributed by atoms with Crippen LogP contribution in [0.5, 0.6) is 11.6 Å². The number of primary amides is 1. The maximum atomic E-state index is 11.2.